The summed E-state index contributed by atoms with van der Waals surface area (Å²) in [5.74, 6) is 0.351. The number of likely N-dealkylation sites (tertiary alicyclic amines) is 1. The molecule has 3 N–H and O–H groups in total. The lowest BCUT2D eigenvalue weighted by molar-refractivity contribution is -0.121. The normalized spacial score (nSPS) is 30.1. The average molecular weight is 213 g/mol. The van der Waals surface area contributed by atoms with E-state index in [9.17, 15) is 4.79 Å². The number of piperidine rings is 1. The summed E-state index contributed by atoms with van der Waals surface area (Å²) in [6.45, 7) is 7.08. The number of nitrogens with zero attached hydrogens (tertiary/aromatic N) is 1. The molecule has 3 unspecified atom stereocenters. The molecule has 0 aromatic rings. The summed E-state index contributed by atoms with van der Waals surface area (Å²) < 4.78 is 0. The van der Waals surface area contributed by atoms with Gasteiger partial charge in [0.1, 0.15) is 0 Å². The first-order chi connectivity index (χ1) is 7.00. The molecule has 1 rings (SSSR count). The van der Waals surface area contributed by atoms with Crippen molar-refractivity contribution in [2.75, 3.05) is 26.7 Å². The van der Waals surface area contributed by atoms with Crippen LogP contribution in [0.1, 0.15) is 20.3 Å². The summed E-state index contributed by atoms with van der Waals surface area (Å²) in [6.07, 6.45) is 1.16. The SMILES string of the molecule is CC(CNC1CCN(C)CC1C)C(N)=O. The lowest BCUT2D eigenvalue weighted by Crippen LogP contribution is -2.48. The molecule has 0 radical (unpaired) electrons. The van der Waals surface area contributed by atoms with E-state index in [1.165, 1.54) is 0 Å². The van der Waals surface area contributed by atoms with Gasteiger partial charge in [-0.15, -0.1) is 0 Å². The number of hydrogen-bond donors (Lipinski definition) is 2. The first kappa shape index (κ1) is 12.5. The second-order valence-corrected chi connectivity index (χ2v) is 4.85. The molecule has 1 heterocycles. The van der Waals surface area contributed by atoms with Gasteiger partial charge >= 0.3 is 0 Å². The second kappa shape index (κ2) is 5.47. The van der Waals surface area contributed by atoms with Gasteiger partial charge in [0.2, 0.25) is 5.91 Å². The van der Waals surface area contributed by atoms with Crippen LogP contribution in [0.2, 0.25) is 0 Å². The molecule has 0 bridgehead atoms. The Hall–Kier alpha value is -0.610. The molecule has 0 aliphatic carbocycles. The number of rotatable bonds is 4. The van der Waals surface area contributed by atoms with Crippen LogP contribution < -0.4 is 11.1 Å². The Morgan fingerprint density at radius 2 is 2.33 bits per heavy atom. The Balaban J connectivity index is 2.29. The molecule has 0 spiro atoms. The van der Waals surface area contributed by atoms with Crippen LogP contribution in [0.15, 0.2) is 0 Å². The van der Waals surface area contributed by atoms with Gasteiger partial charge in [0.05, 0.1) is 0 Å². The van der Waals surface area contributed by atoms with Crippen molar-refractivity contribution >= 4 is 5.91 Å². The van der Waals surface area contributed by atoms with Gasteiger partial charge in [0, 0.05) is 25.0 Å². The predicted molar refractivity (Wildman–Crippen MR) is 61.4 cm³/mol. The van der Waals surface area contributed by atoms with Gasteiger partial charge in [0.15, 0.2) is 0 Å². The van der Waals surface area contributed by atoms with Crippen molar-refractivity contribution in [2.24, 2.45) is 17.6 Å². The molecular formula is C11H23N3O. The Kier molecular flexibility index (Phi) is 4.54. The molecule has 4 heteroatoms. The lowest BCUT2D eigenvalue weighted by Gasteiger charge is -2.35. The Bertz CT molecular complexity index is 220. The largest absolute Gasteiger partial charge is 0.369 e. The van der Waals surface area contributed by atoms with Gasteiger partial charge in [-0.1, -0.05) is 13.8 Å². The highest BCUT2D eigenvalue weighted by molar-refractivity contribution is 5.76. The summed E-state index contributed by atoms with van der Waals surface area (Å²) in [4.78, 5) is 13.2. The maximum atomic E-state index is 10.9. The highest BCUT2D eigenvalue weighted by Crippen LogP contribution is 2.15. The molecule has 1 saturated heterocycles. The maximum absolute atomic E-state index is 10.9. The topological polar surface area (TPSA) is 58.4 Å². The molecule has 1 amide bonds. The predicted octanol–water partition coefficient (Wildman–Crippen LogP) is 0.0376. The van der Waals surface area contributed by atoms with Crippen LogP contribution in [0.5, 0.6) is 0 Å². The van der Waals surface area contributed by atoms with Gasteiger partial charge in [-0.05, 0) is 25.9 Å². The molecule has 0 aromatic carbocycles. The van der Waals surface area contributed by atoms with Crippen LogP contribution in [0.25, 0.3) is 0 Å². The number of carbonyl (C=O) groups excluding carboxylic acids is 1. The van der Waals surface area contributed by atoms with Gasteiger partial charge in [0.25, 0.3) is 0 Å². The zero-order valence-corrected chi connectivity index (χ0v) is 9.99. The van der Waals surface area contributed by atoms with Crippen LogP contribution in [-0.4, -0.2) is 43.5 Å². The third-order valence-corrected chi connectivity index (χ3v) is 3.28. The van der Waals surface area contributed by atoms with Gasteiger partial charge in [-0.25, -0.2) is 0 Å². The third kappa shape index (κ3) is 3.80. The van der Waals surface area contributed by atoms with Gasteiger partial charge < -0.3 is 16.0 Å². The Morgan fingerprint density at radius 3 is 2.87 bits per heavy atom. The minimum absolute atomic E-state index is 0.0724. The highest BCUT2D eigenvalue weighted by Gasteiger charge is 2.24. The van der Waals surface area contributed by atoms with E-state index in [1.54, 1.807) is 0 Å². The van der Waals surface area contributed by atoms with Gasteiger partial charge in [-0.3, -0.25) is 4.79 Å². The van der Waals surface area contributed by atoms with Gasteiger partial charge in [-0.2, -0.15) is 0 Å². The van der Waals surface area contributed by atoms with Crippen molar-refractivity contribution in [1.82, 2.24) is 10.2 Å². The molecule has 1 aliphatic rings. The van der Waals surface area contributed by atoms with E-state index in [-0.39, 0.29) is 11.8 Å². The third-order valence-electron chi connectivity index (χ3n) is 3.28. The van der Waals surface area contributed by atoms with Crippen LogP contribution in [0, 0.1) is 11.8 Å². The second-order valence-electron chi connectivity index (χ2n) is 4.85. The summed E-state index contributed by atoms with van der Waals surface area (Å²) in [5.41, 5.74) is 5.22. The number of primary amides is 1. The molecule has 1 fully saturated rings. The van der Waals surface area contributed by atoms with E-state index < -0.39 is 0 Å². The number of nitrogens with one attached hydrogen (secondary N) is 1. The summed E-state index contributed by atoms with van der Waals surface area (Å²) in [7, 11) is 2.15. The van der Waals surface area contributed by atoms with E-state index in [0.717, 1.165) is 19.5 Å². The molecule has 0 saturated carbocycles. The van der Waals surface area contributed by atoms with Crippen LogP contribution in [0.3, 0.4) is 0 Å². The van der Waals surface area contributed by atoms with Crippen molar-refractivity contribution in [3.8, 4) is 0 Å². The number of hydrogen-bond acceptors (Lipinski definition) is 3. The Morgan fingerprint density at radius 1 is 1.67 bits per heavy atom. The fourth-order valence-electron chi connectivity index (χ4n) is 2.09. The lowest BCUT2D eigenvalue weighted by atomic mass is 9.94. The van der Waals surface area contributed by atoms with Crippen molar-refractivity contribution in [3.63, 3.8) is 0 Å². The van der Waals surface area contributed by atoms with E-state index in [4.69, 9.17) is 5.73 Å². The van der Waals surface area contributed by atoms with Crippen molar-refractivity contribution in [3.05, 3.63) is 0 Å². The number of nitrogens with two attached hydrogens (primary N) is 1. The fraction of sp³-hybridized carbons (Fsp3) is 0.909. The molecule has 4 nitrogen and oxygen atoms in total. The maximum Gasteiger partial charge on any atom is 0.221 e. The minimum atomic E-state index is -0.219. The molecule has 15 heavy (non-hydrogen) atoms. The first-order valence-corrected chi connectivity index (χ1v) is 5.72. The summed E-state index contributed by atoms with van der Waals surface area (Å²) in [6, 6.07) is 0.531. The van der Waals surface area contributed by atoms with Crippen LogP contribution >= 0.6 is 0 Å². The summed E-state index contributed by atoms with van der Waals surface area (Å²) >= 11 is 0. The van der Waals surface area contributed by atoms with Crippen LogP contribution in [-0.2, 0) is 4.79 Å². The first-order valence-electron chi connectivity index (χ1n) is 5.72. The van der Waals surface area contributed by atoms with Crippen molar-refractivity contribution in [1.29, 1.82) is 0 Å². The fourth-order valence-corrected chi connectivity index (χ4v) is 2.09. The zero-order chi connectivity index (χ0) is 11.4. The molecule has 88 valence electrons. The van der Waals surface area contributed by atoms with E-state index in [2.05, 4.69) is 24.2 Å². The van der Waals surface area contributed by atoms with E-state index >= 15 is 0 Å². The average Bonchev–Trinajstić information content (AvgIpc) is 2.15. The quantitative estimate of drug-likeness (QED) is 0.693. The van der Waals surface area contributed by atoms with Crippen LogP contribution in [0.4, 0.5) is 0 Å². The van der Waals surface area contributed by atoms with E-state index in [1.807, 2.05) is 6.92 Å². The monoisotopic (exact) mass is 213 g/mol. The molecule has 3 atom stereocenters. The van der Waals surface area contributed by atoms with E-state index in [0.29, 0.717) is 18.5 Å². The number of amides is 1. The molecule has 1 aliphatic heterocycles. The Labute approximate surface area is 92.2 Å². The minimum Gasteiger partial charge on any atom is -0.369 e. The zero-order valence-electron chi connectivity index (χ0n) is 9.99. The molecular weight excluding hydrogens is 190 g/mol. The number of carbonyl (C=O) groups is 1. The summed E-state index contributed by atoms with van der Waals surface area (Å²) in [5, 5.41) is 3.45. The van der Waals surface area contributed by atoms with Crippen molar-refractivity contribution in [2.45, 2.75) is 26.3 Å². The highest BCUT2D eigenvalue weighted by atomic mass is 16.1. The smallest absolute Gasteiger partial charge is 0.221 e. The van der Waals surface area contributed by atoms with Crippen molar-refractivity contribution < 1.29 is 4.79 Å². The standard InChI is InChI=1S/C11H23N3O/c1-8(11(12)15)6-13-10-4-5-14(3)7-9(10)2/h8-10,13H,4-7H2,1-3H3,(H2,12,15). The molecule has 0 aromatic heterocycles.